The third kappa shape index (κ3) is 2.94. The van der Waals surface area contributed by atoms with E-state index in [1.54, 1.807) is 4.90 Å². The van der Waals surface area contributed by atoms with Gasteiger partial charge in [0.05, 0.1) is 34.7 Å². The van der Waals surface area contributed by atoms with E-state index in [9.17, 15) is 25.0 Å². The zero-order chi connectivity index (χ0) is 16.3. The number of anilines is 1. The highest BCUT2D eigenvalue weighted by Crippen LogP contribution is 2.36. The van der Waals surface area contributed by atoms with Crippen LogP contribution in [0, 0.1) is 20.2 Å². The number of ether oxygens (including phenoxy) is 1. The van der Waals surface area contributed by atoms with Gasteiger partial charge in [0, 0.05) is 19.2 Å². The van der Waals surface area contributed by atoms with Gasteiger partial charge in [-0.15, -0.1) is 0 Å². The molecule has 0 saturated carbocycles. The summed E-state index contributed by atoms with van der Waals surface area (Å²) < 4.78 is 5.17. The number of carbonyl (C=O) groups is 1. The Labute approximate surface area is 123 Å². The molecule has 0 atom stereocenters. The number of amides is 1. The molecule has 0 radical (unpaired) electrons. The van der Waals surface area contributed by atoms with Gasteiger partial charge in [-0.1, -0.05) is 0 Å². The number of nitrogens with one attached hydrogen (secondary N) is 1. The van der Waals surface area contributed by atoms with Crippen LogP contribution in [0.1, 0.15) is 10.4 Å². The second-order valence-electron chi connectivity index (χ2n) is 4.45. The van der Waals surface area contributed by atoms with Crippen LogP contribution < -0.4 is 16.2 Å². The minimum atomic E-state index is -0.840. The lowest BCUT2D eigenvalue weighted by Crippen LogP contribution is -2.39. The van der Waals surface area contributed by atoms with Gasteiger partial charge in [0.15, 0.2) is 0 Å². The van der Waals surface area contributed by atoms with Crippen molar-refractivity contribution in [3.05, 3.63) is 37.9 Å². The lowest BCUT2D eigenvalue weighted by atomic mass is 10.1. The summed E-state index contributed by atoms with van der Waals surface area (Å²) in [6.45, 7) is 1.31. The van der Waals surface area contributed by atoms with Gasteiger partial charge in [-0.2, -0.15) is 0 Å². The molecule has 3 N–H and O–H groups in total. The number of nitrogens with zero attached hydrogens (tertiary/aromatic N) is 3. The SMILES string of the molecule is NNC(=O)c1cc([N+](=O)[O-])cc([N+](=O)[O-])c1N1CCOCC1. The first-order valence-electron chi connectivity index (χ1n) is 6.26. The molecule has 11 heteroatoms. The molecule has 1 aromatic rings. The lowest BCUT2D eigenvalue weighted by molar-refractivity contribution is -0.393. The van der Waals surface area contributed by atoms with Crippen LogP contribution in [0.4, 0.5) is 17.1 Å². The second kappa shape index (κ2) is 6.32. The highest BCUT2D eigenvalue weighted by atomic mass is 16.6. The standard InChI is InChI=1S/C11H13N5O6/c12-13-11(17)8-5-7(15(18)19)6-9(16(20)21)10(8)14-1-3-22-4-2-14/h5-6H,1-4,12H2,(H,13,17). The zero-order valence-electron chi connectivity index (χ0n) is 11.4. The van der Waals surface area contributed by atoms with Crippen molar-refractivity contribution in [1.29, 1.82) is 0 Å². The molecule has 11 nitrogen and oxygen atoms in total. The number of nitro benzene ring substituents is 2. The van der Waals surface area contributed by atoms with Gasteiger partial charge >= 0.3 is 0 Å². The Kier molecular flexibility index (Phi) is 4.48. The van der Waals surface area contributed by atoms with Crippen LogP contribution in [0.15, 0.2) is 12.1 Å². The number of rotatable bonds is 4. The van der Waals surface area contributed by atoms with E-state index in [1.807, 2.05) is 5.43 Å². The van der Waals surface area contributed by atoms with E-state index < -0.39 is 27.1 Å². The van der Waals surface area contributed by atoms with Gasteiger partial charge in [0.2, 0.25) is 0 Å². The molecule has 118 valence electrons. The summed E-state index contributed by atoms with van der Waals surface area (Å²) in [6.07, 6.45) is 0. The van der Waals surface area contributed by atoms with Crippen molar-refractivity contribution in [2.45, 2.75) is 0 Å². The topological polar surface area (TPSA) is 154 Å². The van der Waals surface area contributed by atoms with Crippen molar-refractivity contribution in [2.75, 3.05) is 31.2 Å². The monoisotopic (exact) mass is 311 g/mol. The summed E-state index contributed by atoms with van der Waals surface area (Å²) in [5.41, 5.74) is 0.563. The van der Waals surface area contributed by atoms with Crippen LogP contribution in [0.5, 0.6) is 0 Å². The van der Waals surface area contributed by atoms with Crippen LogP contribution in [-0.4, -0.2) is 42.1 Å². The van der Waals surface area contributed by atoms with Gasteiger partial charge in [-0.25, -0.2) is 5.84 Å². The first kappa shape index (κ1) is 15.6. The van der Waals surface area contributed by atoms with Crippen LogP contribution in [-0.2, 0) is 4.74 Å². The lowest BCUT2D eigenvalue weighted by Gasteiger charge is -2.29. The maximum atomic E-state index is 11.9. The number of hydrogen-bond donors (Lipinski definition) is 2. The molecule has 1 aliphatic heterocycles. The molecule has 1 aromatic carbocycles. The van der Waals surface area contributed by atoms with Gasteiger partial charge < -0.3 is 9.64 Å². The smallest absolute Gasteiger partial charge is 0.300 e. The average molecular weight is 311 g/mol. The van der Waals surface area contributed by atoms with E-state index in [1.165, 1.54) is 0 Å². The minimum Gasteiger partial charge on any atom is -0.378 e. The van der Waals surface area contributed by atoms with Crippen molar-refractivity contribution < 1.29 is 19.4 Å². The molecule has 2 rings (SSSR count). The Hall–Kier alpha value is -2.79. The fourth-order valence-electron chi connectivity index (χ4n) is 2.22. The number of hydrazine groups is 1. The third-order valence-corrected chi connectivity index (χ3v) is 3.19. The number of morpholine rings is 1. The van der Waals surface area contributed by atoms with Gasteiger partial charge in [-0.3, -0.25) is 30.4 Å². The van der Waals surface area contributed by atoms with Gasteiger partial charge in [0.1, 0.15) is 5.69 Å². The van der Waals surface area contributed by atoms with E-state index in [0.717, 1.165) is 12.1 Å². The molecule has 1 amide bonds. The summed E-state index contributed by atoms with van der Waals surface area (Å²) >= 11 is 0. The van der Waals surface area contributed by atoms with Crippen molar-refractivity contribution in [3.63, 3.8) is 0 Å². The summed E-state index contributed by atoms with van der Waals surface area (Å²) in [5, 5.41) is 22.2. The molecular formula is C11H13N5O6. The number of non-ortho nitro benzene ring substituents is 1. The Bertz CT molecular complexity index is 628. The molecule has 0 bridgehead atoms. The highest BCUT2D eigenvalue weighted by Gasteiger charge is 2.31. The molecule has 0 aromatic heterocycles. The number of nitrogens with two attached hydrogens (primary N) is 1. The molecule has 1 aliphatic rings. The number of carbonyl (C=O) groups excluding carboxylic acids is 1. The Balaban J connectivity index is 2.67. The Morgan fingerprint density at radius 3 is 2.36 bits per heavy atom. The van der Waals surface area contributed by atoms with E-state index in [4.69, 9.17) is 10.6 Å². The van der Waals surface area contributed by atoms with Crippen LogP contribution in [0.25, 0.3) is 0 Å². The van der Waals surface area contributed by atoms with Crippen LogP contribution in [0.3, 0.4) is 0 Å². The van der Waals surface area contributed by atoms with Crippen molar-refractivity contribution in [2.24, 2.45) is 5.84 Å². The number of benzene rings is 1. The van der Waals surface area contributed by atoms with E-state index in [2.05, 4.69) is 0 Å². The predicted octanol–water partition coefficient (Wildman–Crippen LogP) is -0.0569. The molecule has 1 saturated heterocycles. The molecule has 0 aliphatic carbocycles. The van der Waals surface area contributed by atoms with Gasteiger partial charge in [-0.05, 0) is 0 Å². The second-order valence-corrected chi connectivity index (χ2v) is 4.45. The maximum Gasteiger partial charge on any atom is 0.300 e. The Morgan fingerprint density at radius 1 is 1.23 bits per heavy atom. The van der Waals surface area contributed by atoms with Crippen molar-refractivity contribution in [3.8, 4) is 0 Å². The van der Waals surface area contributed by atoms with Crippen LogP contribution >= 0.6 is 0 Å². The van der Waals surface area contributed by atoms with Crippen LogP contribution in [0.2, 0.25) is 0 Å². The summed E-state index contributed by atoms with van der Waals surface area (Å²) in [5.74, 6) is 4.23. The number of nitrogen functional groups attached to an aromatic ring is 1. The summed E-state index contributed by atoms with van der Waals surface area (Å²) in [6, 6.07) is 1.80. The molecule has 22 heavy (non-hydrogen) atoms. The van der Waals surface area contributed by atoms with Gasteiger partial charge in [0.25, 0.3) is 17.3 Å². The first-order chi connectivity index (χ1) is 10.5. The van der Waals surface area contributed by atoms with Crippen molar-refractivity contribution >= 4 is 23.0 Å². The molecule has 0 spiro atoms. The average Bonchev–Trinajstić information content (AvgIpc) is 2.53. The summed E-state index contributed by atoms with van der Waals surface area (Å²) in [7, 11) is 0. The fourth-order valence-corrected chi connectivity index (χ4v) is 2.22. The number of nitro groups is 2. The predicted molar refractivity (Wildman–Crippen MR) is 74.4 cm³/mol. The zero-order valence-corrected chi connectivity index (χ0v) is 11.4. The largest absolute Gasteiger partial charge is 0.378 e. The highest BCUT2D eigenvalue weighted by molar-refractivity contribution is 6.02. The first-order valence-corrected chi connectivity index (χ1v) is 6.26. The molecular weight excluding hydrogens is 298 g/mol. The third-order valence-electron chi connectivity index (χ3n) is 3.19. The quantitative estimate of drug-likeness (QED) is 0.339. The molecule has 0 unspecified atom stereocenters. The molecule has 1 fully saturated rings. The van der Waals surface area contributed by atoms with E-state index in [0.29, 0.717) is 26.3 Å². The fraction of sp³-hybridized carbons (Fsp3) is 0.364. The van der Waals surface area contributed by atoms with E-state index in [-0.39, 0.29) is 11.3 Å². The molecule has 1 heterocycles. The summed E-state index contributed by atoms with van der Waals surface area (Å²) in [4.78, 5) is 34.1. The Morgan fingerprint density at radius 2 is 1.86 bits per heavy atom. The van der Waals surface area contributed by atoms with Crippen molar-refractivity contribution in [1.82, 2.24) is 5.43 Å². The maximum absolute atomic E-state index is 11.9. The minimum absolute atomic E-state index is 0.00171. The normalized spacial score (nSPS) is 14.5. The number of hydrogen-bond acceptors (Lipinski definition) is 8. The van der Waals surface area contributed by atoms with E-state index >= 15 is 0 Å².